The zero-order valence-electron chi connectivity index (χ0n) is 13.2. The van der Waals surface area contributed by atoms with Crippen LogP contribution in [0.4, 0.5) is 0 Å². The molecule has 1 aliphatic heterocycles. The highest BCUT2D eigenvalue weighted by Crippen LogP contribution is 2.28. The van der Waals surface area contributed by atoms with Crippen LogP contribution < -0.4 is 0 Å². The van der Waals surface area contributed by atoms with Crippen molar-refractivity contribution in [3.63, 3.8) is 0 Å². The average molecular weight is 331 g/mol. The Balaban J connectivity index is 1.41. The number of rotatable bonds is 3. The first-order chi connectivity index (χ1) is 12.2. The average Bonchev–Trinajstić information content (AvgIpc) is 3.11. The molecule has 122 valence electrons. The van der Waals surface area contributed by atoms with Crippen molar-refractivity contribution in [3.05, 3.63) is 65.7 Å². The van der Waals surface area contributed by atoms with Gasteiger partial charge in [0.1, 0.15) is 5.69 Å². The standard InChI is InChI=1S/C18H13N5O2/c19-9-12-4-6-13(7-5-12)18(24)23-10-14(11-23)17-21-16(22-25-17)15-3-1-2-8-20-15/h1-8,14H,10-11H2. The topological polar surface area (TPSA) is 95.9 Å². The maximum Gasteiger partial charge on any atom is 0.253 e. The van der Waals surface area contributed by atoms with E-state index in [-0.39, 0.29) is 11.8 Å². The Bertz CT molecular complexity index is 938. The third kappa shape index (κ3) is 2.85. The molecule has 0 unspecified atom stereocenters. The summed E-state index contributed by atoms with van der Waals surface area (Å²) in [6, 6.07) is 14.2. The molecule has 3 heterocycles. The number of nitrogens with zero attached hydrogens (tertiary/aromatic N) is 5. The molecular formula is C18H13N5O2. The van der Waals surface area contributed by atoms with E-state index in [4.69, 9.17) is 9.78 Å². The summed E-state index contributed by atoms with van der Waals surface area (Å²) in [6.07, 6.45) is 1.67. The molecule has 4 rings (SSSR count). The molecule has 7 nitrogen and oxygen atoms in total. The molecule has 0 radical (unpaired) electrons. The van der Waals surface area contributed by atoms with Crippen LogP contribution >= 0.6 is 0 Å². The molecule has 2 aromatic heterocycles. The van der Waals surface area contributed by atoms with Gasteiger partial charge in [-0.1, -0.05) is 11.2 Å². The number of pyridine rings is 1. The molecule has 0 spiro atoms. The second-order valence-electron chi connectivity index (χ2n) is 5.77. The highest BCUT2D eigenvalue weighted by molar-refractivity contribution is 5.95. The molecule has 0 saturated carbocycles. The minimum atomic E-state index is -0.0646. The molecular weight excluding hydrogens is 318 g/mol. The van der Waals surface area contributed by atoms with Crippen molar-refractivity contribution < 1.29 is 9.32 Å². The summed E-state index contributed by atoms with van der Waals surface area (Å²) in [6.45, 7) is 1.06. The Hall–Kier alpha value is -3.53. The van der Waals surface area contributed by atoms with Crippen molar-refractivity contribution in [1.82, 2.24) is 20.0 Å². The van der Waals surface area contributed by atoms with Gasteiger partial charge >= 0.3 is 0 Å². The third-order valence-electron chi connectivity index (χ3n) is 4.11. The van der Waals surface area contributed by atoms with Gasteiger partial charge in [-0.25, -0.2) is 0 Å². The van der Waals surface area contributed by atoms with E-state index in [1.54, 1.807) is 35.4 Å². The van der Waals surface area contributed by atoms with Gasteiger partial charge in [-0.15, -0.1) is 0 Å². The quantitative estimate of drug-likeness (QED) is 0.730. The van der Waals surface area contributed by atoms with Crippen molar-refractivity contribution in [1.29, 1.82) is 5.26 Å². The van der Waals surface area contributed by atoms with E-state index in [0.29, 0.717) is 41.6 Å². The Morgan fingerprint density at radius 3 is 2.68 bits per heavy atom. The minimum absolute atomic E-state index is 0.0345. The van der Waals surface area contributed by atoms with Gasteiger partial charge in [0.25, 0.3) is 5.91 Å². The van der Waals surface area contributed by atoms with Gasteiger partial charge in [-0.3, -0.25) is 9.78 Å². The molecule has 0 aliphatic carbocycles. The maximum atomic E-state index is 12.4. The van der Waals surface area contributed by atoms with E-state index in [1.165, 1.54) is 0 Å². The molecule has 0 N–H and O–H groups in total. The van der Waals surface area contributed by atoms with Crippen molar-refractivity contribution in [2.45, 2.75) is 5.92 Å². The molecule has 1 aliphatic rings. The van der Waals surface area contributed by atoms with Crippen molar-refractivity contribution >= 4 is 5.91 Å². The smallest absolute Gasteiger partial charge is 0.253 e. The fraction of sp³-hybridized carbons (Fsp3) is 0.167. The summed E-state index contributed by atoms with van der Waals surface area (Å²) >= 11 is 0. The molecule has 1 amide bonds. The van der Waals surface area contributed by atoms with Crippen LogP contribution in [0.3, 0.4) is 0 Å². The largest absolute Gasteiger partial charge is 0.338 e. The fourth-order valence-corrected chi connectivity index (χ4v) is 2.67. The Morgan fingerprint density at radius 2 is 2.00 bits per heavy atom. The van der Waals surface area contributed by atoms with Crippen LogP contribution in [0, 0.1) is 11.3 Å². The van der Waals surface area contributed by atoms with Crippen molar-refractivity contribution in [2.75, 3.05) is 13.1 Å². The van der Waals surface area contributed by atoms with Crippen LogP contribution in [0.1, 0.15) is 27.7 Å². The number of amides is 1. The molecule has 1 saturated heterocycles. The first-order valence-electron chi connectivity index (χ1n) is 7.79. The molecule has 3 aromatic rings. The number of carbonyl (C=O) groups excluding carboxylic acids is 1. The summed E-state index contributed by atoms with van der Waals surface area (Å²) < 4.78 is 5.31. The van der Waals surface area contributed by atoms with Crippen LogP contribution in [0.2, 0.25) is 0 Å². The summed E-state index contributed by atoms with van der Waals surface area (Å²) in [5, 5.41) is 12.8. The first kappa shape index (κ1) is 15.0. The van der Waals surface area contributed by atoms with E-state index in [0.717, 1.165) is 0 Å². The zero-order chi connectivity index (χ0) is 17.2. The summed E-state index contributed by atoms with van der Waals surface area (Å²) in [7, 11) is 0. The van der Waals surface area contributed by atoms with E-state index < -0.39 is 0 Å². The van der Waals surface area contributed by atoms with E-state index in [2.05, 4.69) is 15.1 Å². The summed E-state index contributed by atoms with van der Waals surface area (Å²) in [5.74, 6) is 0.939. The van der Waals surface area contributed by atoms with Gasteiger partial charge in [-0.05, 0) is 36.4 Å². The zero-order valence-corrected chi connectivity index (χ0v) is 13.2. The van der Waals surface area contributed by atoms with E-state index >= 15 is 0 Å². The highest BCUT2D eigenvalue weighted by atomic mass is 16.5. The van der Waals surface area contributed by atoms with Crippen LogP contribution in [-0.4, -0.2) is 39.0 Å². The third-order valence-corrected chi connectivity index (χ3v) is 4.11. The lowest BCUT2D eigenvalue weighted by molar-refractivity contribution is 0.0569. The lowest BCUT2D eigenvalue weighted by Gasteiger charge is -2.37. The lowest BCUT2D eigenvalue weighted by atomic mass is 9.98. The fourth-order valence-electron chi connectivity index (χ4n) is 2.67. The molecule has 7 heteroatoms. The number of nitriles is 1. The Kier molecular flexibility index (Phi) is 3.71. The maximum absolute atomic E-state index is 12.4. The van der Waals surface area contributed by atoms with Gasteiger partial charge in [0.15, 0.2) is 0 Å². The van der Waals surface area contributed by atoms with Crippen molar-refractivity contribution in [3.8, 4) is 17.6 Å². The second-order valence-corrected chi connectivity index (χ2v) is 5.77. The molecule has 0 atom stereocenters. The van der Waals surface area contributed by atoms with Crippen LogP contribution in [0.15, 0.2) is 53.2 Å². The number of benzene rings is 1. The molecule has 1 fully saturated rings. The summed E-state index contributed by atoms with van der Waals surface area (Å²) in [4.78, 5) is 22.7. The highest BCUT2D eigenvalue weighted by Gasteiger charge is 2.36. The van der Waals surface area contributed by atoms with Gasteiger partial charge in [0.2, 0.25) is 11.7 Å². The normalized spacial score (nSPS) is 14.0. The van der Waals surface area contributed by atoms with Crippen LogP contribution in [0.5, 0.6) is 0 Å². The SMILES string of the molecule is N#Cc1ccc(C(=O)N2CC(c3nc(-c4ccccn4)no3)C2)cc1. The number of likely N-dealkylation sites (tertiary alicyclic amines) is 1. The lowest BCUT2D eigenvalue weighted by Crippen LogP contribution is -2.48. The molecule has 1 aromatic carbocycles. The van der Waals surface area contributed by atoms with Crippen LogP contribution in [-0.2, 0) is 0 Å². The number of hydrogen-bond donors (Lipinski definition) is 0. The molecule has 25 heavy (non-hydrogen) atoms. The van der Waals surface area contributed by atoms with Crippen LogP contribution in [0.25, 0.3) is 11.5 Å². The number of aromatic nitrogens is 3. The van der Waals surface area contributed by atoms with Gasteiger partial charge in [0, 0.05) is 24.8 Å². The van der Waals surface area contributed by atoms with Gasteiger partial charge < -0.3 is 9.42 Å². The number of hydrogen-bond acceptors (Lipinski definition) is 6. The molecule has 0 bridgehead atoms. The van der Waals surface area contributed by atoms with Crippen molar-refractivity contribution in [2.24, 2.45) is 0 Å². The number of carbonyl (C=O) groups is 1. The Morgan fingerprint density at radius 1 is 1.20 bits per heavy atom. The second kappa shape index (κ2) is 6.17. The monoisotopic (exact) mass is 331 g/mol. The predicted molar refractivity (Wildman–Crippen MR) is 87.3 cm³/mol. The predicted octanol–water partition coefficient (Wildman–Crippen LogP) is 2.24. The van der Waals surface area contributed by atoms with E-state index in [1.807, 2.05) is 24.3 Å². The summed E-state index contributed by atoms with van der Waals surface area (Å²) in [5.41, 5.74) is 1.76. The van der Waals surface area contributed by atoms with Gasteiger partial charge in [0.05, 0.1) is 17.6 Å². The minimum Gasteiger partial charge on any atom is -0.338 e. The Labute approximate surface area is 143 Å². The van der Waals surface area contributed by atoms with Gasteiger partial charge in [-0.2, -0.15) is 10.2 Å². The first-order valence-corrected chi connectivity index (χ1v) is 7.79. The van der Waals surface area contributed by atoms with E-state index in [9.17, 15) is 4.79 Å².